The molecule has 0 saturated carbocycles. The molecule has 1 amide bonds. The smallest absolute Gasteiger partial charge is 0.217 e. The summed E-state index contributed by atoms with van der Waals surface area (Å²) in [7, 11) is 0. The lowest BCUT2D eigenvalue weighted by Gasteiger charge is -2.17. The van der Waals surface area contributed by atoms with Gasteiger partial charge in [-0.25, -0.2) is 8.78 Å². The molecule has 0 radical (unpaired) electrons. The third-order valence-electron chi connectivity index (χ3n) is 4.48. The van der Waals surface area contributed by atoms with Gasteiger partial charge in [-0.3, -0.25) is 4.79 Å². The molecule has 1 saturated heterocycles. The van der Waals surface area contributed by atoms with Crippen LogP contribution in [0.4, 0.5) is 8.78 Å². The van der Waals surface area contributed by atoms with Gasteiger partial charge in [0.2, 0.25) is 5.91 Å². The third kappa shape index (κ3) is 5.04. The first-order valence-electron chi connectivity index (χ1n) is 8.87. The van der Waals surface area contributed by atoms with E-state index in [1.807, 2.05) is 4.57 Å². The van der Waals surface area contributed by atoms with Gasteiger partial charge in [-0.15, -0.1) is 10.2 Å². The second-order valence-corrected chi connectivity index (χ2v) is 7.84. The molecule has 9 heteroatoms. The summed E-state index contributed by atoms with van der Waals surface area (Å²) >= 11 is 1.30. The molecule has 3 rings (SSSR count). The Morgan fingerprint density at radius 1 is 1.44 bits per heavy atom. The van der Waals surface area contributed by atoms with Gasteiger partial charge in [-0.1, -0.05) is 11.8 Å². The van der Waals surface area contributed by atoms with Crippen LogP contribution in [-0.2, 0) is 22.5 Å². The zero-order chi connectivity index (χ0) is 19.4. The van der Waals surface area contributed by atoms with Crippen LogP contribution in [0.1, 0.15) is 42.8 Å². The molecule has 2 atom stereocenters. The van der Waals surface area contributed by atoms with Gasteiger partial charge in [0.05, 0.1) is 12.6 Å². The fraction of sp³-hybridized carbons (Fsp3) is 0.500. The van der Waals surface area contributed by atoms with E-state index in [9.17, 15) is 13.6 Å². The summed E-state index contributed by atoms with van der Waals surface area (Å²) in [6.45, 7) is 3.06. The number of amides is 1. The highest BCUT2D eigenvalue weighted by atomic mass is 32.2. The molecule has 2 heterocycles. The number of nitrogens with two attached hydrogens (primary N) is 1. The minimum Gasteiger partial charge on any atom is -0.376 e. The van der Waals surface area contributed by atoms with Gasteiger partial charge in [0.1, 0.15) is 17.5 Å². The van der Waals surface area contributed by atoms with E-state index >= 15 is 0 Å². The molecule has 0 unspecified atom stereocenters. The minimum absolute atomic E-state index is 0.0499. The van der Waals surface area contributed by atoms with Crippen molar-refractivity contribution < 1.29 is 18.3 Å². The second-order valence-electron chi connectivity index (χ2n) is 6.54. The van der Waals surface area contributed by atoms with Crippen molar-refractivity contribution in [3.63, 3.8) is 0 Å². The van der Waals surface area contributed by atoms with Crippen molar-refractivity contribution in [1.82, 2.24) is 14.8 Å². The Kier molecular flexibility index (Phi) is 6.43. The van der Waals surface area contributed by atoms with Crippen LogP contribution in [0.3, 0.4) is 0 Å². The van der Waals surface area contributed by atoms with E-state index in [2.05, 4.69) is 10.2 Å². The highest BCUT2D eigenvalue weighted by Gasteiger charge is 2.23. The second kappa shape index (κ2) is 8.79. The van der Waals surface area contributed by atoms with Crippen LogP contribution < -0.4 is 5.73 Å². The van der Waals surface area contributed by atoms with E-state index in [-0.39, 0.29) is 23.3 Å². The van der Waals surface area contributed by atoms with Gasteiger partial charge in [0.25, 0.3) is 0 Å². The van der Waals surface area contributed by atoms with Crippen molar-refractivity contribution in [1.29, 1.82) is 0 Å². The molecule has 6 nitrogen and oxygen atoms in total. The van der Waals surface area contributed by atoms with E-state index < -0.39 is 17.5 Å². The fourth-order valence-electron chi connectivity index (χ4n) is 3.05. The number of primary amides is 1. The van der Waals surface area contributed by atoms with Gasteiger partial charge in [0, 0.05) is 30.3 Å². The molecule has 2 aromatic rings. The Bertz CT molecular complexity index is 809. The molecule has 2 N–H and O–H groups in total. The zero-order valence-electron chi connectivity index (χ0n) is 15.0. The van der Waals surface area contributed by atoms with Crippen LogP contribution >= 0.6 is 11.8 Å². The predicted octanol–water partition coefficient (Wildman–Crippen LogP) is 3.01. The summed E-state index contributed by atoms with van der Waals surface area (Å²) in [6, 6.07) is 3.41. The molecular formula is C18H22F2N4O2S. The monoisotopic (exact) mass is 396 g/mol. The topological polar surface area (TPSA) is 83.0 Å². The Hall–Kier alpha value is -2.00. The highest BCUT2D eigenvalue weighted by Crippen LogP contribution is 2.36. The van der Waals surface area contributed by atoms with Crippen molar-refractivity contribution >= 4 is 17.7 Å². The summed E-state index contributed by atoms with van der Waals surface area (Å²) in [6.07, 6.45) is 2.53. The van der Waals surface area contributed by atoms with Crippen LogP contribution in [0.2, 0.25) is 0 Å². The molecule has 1 aromatic heterocycles. The first kappa shape index (κ1) is 19.8. The van der Waals surface area contributed by atoms with E-state index in [0.717, 1.165) is 31.6 Å². The van der Waals surface area contributed by atoms with Crippen molar-refractivity contribution in [2.24, 2.45) is 5.73 Å². The predicted molar refractivity (Wildman–Crippen MR) is 97.1 cm³/mol. The largest absolute Gasteiger partial charge is 0.376 e. The maximum Gasteiger partial charge on any atom is 0.217 e. The summed E-state index contributed by atoms with van der Waals surface area (Å²) in [5, 5.41) is 8.60. The van der Waals surface area contributed by atoms with Gasteiger partial charge in [0.15, 0.2) is 5.16 Å². The molecule has 0 bridgehead atoms. The first-order chi connectivity index (χ1) is 12.9. The maximum atomic E-state index is 14.1. The molecule has 1 aromatic carbocycles. The van der Waals surface area contributed by atoms with Crippen molar-refractivity contribution in [2.45, 2.75) is 55.7 Å². The van der Waals surface area contributed by atoms with Crippen LogP contribution in [0.5, 0.6) is 0 Å². The number of ether oxygens (including phenoxy) is 1. The van der Waals surface area contributed by atoms with Crippen LogP contribution in [-0.4, -0.2) is 33.4 Å². The molecule has 0 spiro atoms. The lowest BCUT2D eigenvalue weighted by molar-refractivity contribution is -0.118. The summed E-state index contributed by atoms with van der Waals surface area (Å²) < 4.78 is 35.2. The average Bonchev–Trinajstić information content (AvgIpc) is 3.26. The number of halogens is 2. The van der Waals surface area contributed by atoms with Gasteiger partial charge >= 0.3 is 0 Å². The summed E-state index contributed by atoms with van der Waals surface area (Å²) in [5.41, 5.74) is 5.51. The standard InChI is InChI=1S/C18H22F2N4O2S/c1-11(14-9-12(19)4-5-15(14)20)27-18-23-22-17(7-6-16(21)25)24(18)10-13-3-2-8-26-13/h4-5,9,11,13H,2-3,6-8,10H2,1H3,(H2,21,25)/t11-,13-/m0/s1. The van der Waals surface area contributed by atoms with Crippen molar-refractivity contribution in [3.05, 3.63) is 41.2 Å². The van der Waals surface area contributed by atoms with Gasteiger partial charge < -0.3 is 15.0 Å². The average molecular weight is 396 g/mol. The van der Waals surface area contributed by atoms with Crippen LogP contribution in [0.15, 0.2) is 23.4 Å². The normalized spacial score (nSPS) is 18.0. The number of nitrogens with zero attached hydrogens (tertiary/aromatic N) is 3. The van der Waals surface area contributed by atoms with E-state index in [0.29, 0.717) is 23.9 Å². The number of benzene rings is 1. The SMILES string of the molecule is C[C@H](Sc1nnc(CCC(N)=O)n1C[C@@H]1CCCO1)c1cc(F)ccc1F. The number of aryl methyl sites for hydroxylation is 1. The number of carbonyl (C=O) groups is 1. The third-order valence-corrected chi connectivity index (χ3v) is 5.60. The number of hydrogen-bond donors (Lipinski definition) is 1. The number of rotatable bonds is 8. The molecule has 1 fully saturated rings. The van der Waals surface area contributed by atoms with E-state index in [4.69, 9.17) is 10.5 Å². The van der Waals surface area contributed by atoms with E-state index in [1.165, 1.54) is 17.8 Å². The van der Waals surface area contributed by atoms with Crippen molar-refractivity contribution in [2.75, 3.05) is 6.61 Å². The number of carbonyl (C=O) groups excluding carboxylic acids is 1. The molecule has 0 aliphatic carbocycles. The number of thioether (sulfide) groups is 1. The van der Waals surface area contributed by atoms with Gasteiger partial charge in [-0.2, -0.15) is 0 Å². The molecule has 146 valence electrons. The van der Waals surface area contributed by atoms with Crippen molar-refractivity contribution in [3.8, 4) is 0 Å². The van der Waals surface area contributed by atoms with E-state index in [1.54, 1.807) is 6.92 Å². The first-order valence-corrected chi connectivity index (χ1v) is 9.75. The summed E-state index contributed by atoms with van der Waals surface area (Å²) in [5.74, 6) is -0.720. The Morgan fingerprint density at radius 2 is 2.26 bits per heavy atom. The van der Waals surface area contributed by atoms with Crippen LogP contribution in [0.25, 0.3) is 0 Å². The zero-order valence-corrected chi connectivity index (χ0v) is 15.8. The fourth-order valence-corrected chi connectivity index (χ4v) is 4.07. The van der Waals surface area contributed by atoms with Crippen LogP contribution in [0, 0.1) is 11.6 Å². The molecule has 27 heavy (non-hydrogen) atoms. The number of aromatic nitrogens is 3. The maximum absolute atomic E-state index is 14.1. The lowest BCUT2D eigenvalue weighted by Crippen LogP contribution is -2.19. The molecule has 1 aliphatic heterocycles. The number of hydrogen-bond acceptors (Lipinski definition) is 5. The summed E-state index contributed by atoms with van der Waals surface area (Å²) in [4.78, 5) is 11.1. The lowest BCUT2D eigenvalue weighted by atomic mass is 10.1. The Morgan fingerprint density at radius 3 is 2.96 bits per heavy atom. The quantitative estimate of drug-likeness (QED) is 0.694. The molecular weight excluding hydrogens is 374 g/mol. The Balaban J connectivity index is 1.82. The van der Waals surface area contributed by atoms with Gasteiger partial charge in [-0.05, 0) is 38.0 Å². The Labute approximate surface area is 160 Å². The molecule has 1 aliphatic rings. The minimum atomic E-state index is -0.484. The highest BCUT2D eigenvalue weighted by molar-refractivity contribution is 7.99.